The van der Waals surface area contributed by atoms with Crippen molar-refractivity contribution in [1.29, 1.82) is 0 Å². The fourth-order valence-corrected chi connectivity index (χ4v) is 4.59. The summed E-state index contributed by atoms with van der Waals surface area (Å²) in [5, 5.41) is 4.72. The lowest BCUT2D eigenvalue weighted by molar-refractivity contribution is 0.0955. The van der Waals surface area contributed by atoms with Crippen LogP contribution in [-0.2, 0) is 6.61 Å². The van der Waals surface area contributed by atoms with Gasteiger partial charge in [0.05, 0.1) is 25.7 Å². The van der Waals surface area contributed by atoms with Crippen LogP contribution in [-0.4, -0.2) is 12.1 Å². The number of hydrazone groups is 1. The van der Waals surface area contributed by atoms with Gasteiger partial charge in [0.15, 0.2) is 0 Å². The lowest BCUT2D eigenvalue weighted by Crippen LogP contribution is -2.18. The molecule has 0 unspecified atom stereocenters. The summed E-state index contributed by atoms with van der Waals surface area (Å²) < 4.78 is 7.48. The minimum atomic E-state index is -0.427. The summed E-state index contributed by atoms with van der Waals surface area (Å²) in [6.07, 6.45) is 1.53. The number of carbonyl (C=O) groups excluding carboxylic acids is 1. The van der Waals surface area contributed by atoms with Gasteiger partial charge in [0.25, 0.3) is 5.91 Å². The zero-order valence-electron chi connectivity index (χ0n) is 15.8. The average Bonchev–Trinajstić information content (AvgIpc) is 2.67. The lowest BCUT2D eigenvalue weighted by Gasteiger charge is -2.11. The molecule has 3 rings (SSSR count). The van der Waals surface area contributed by atoms with Crippen LogP contribution in [0.15, 0.2) is 68.6 Å². The number of aryl methyl sites for hydroxylation is 1. The molecule has 0 aliphatic carbocycles. The quantitative estimate of drug-likeness (QED) is 0.252. The van der Waals surface area contributed by atoms with Crippen molar-refractivity contribution in [1.82, 2.24) is 5.43 Å². The zero-order valence-corrected chi connectivity index (χ0v) is 20.4. The third kappa shape index (κ3) is 6.08. The van der Waals surface area contributed by atoms with Crippen LogP contribution in [0.2, 0.25) is 10.0 Å². The molecule has 1 N–H and O–H groups in total. The van der Waals surface area contributed by atoms with Gasteiger partial charge in [-0.05, 0) is 80.2 Å². The number of nitrogens with one attached hydrogen (secondary N) is 1. The molecule has 8 heteroatoms. The molecule has 0 aliphatic heterocycles. The van der Waals surface area contributed by atoms with Gasteiger partial charge >= 0.3 is 0 Å². The first-order valence-corrected chi connectivity index (χ1v) is 11.1. The normalized spacial score (nSPS) is 11.0. The zero-order chi connectivity index (χ0) is 21.7. The molecule has 3 aromatic carbocycles. The van der Waals surface area contributed by atoms with Crippen molar-refractivity contribution in [2.45, 2.75) is 13.5 Å². The van der Waals surface area contributed by atoms with Crippen LogP contribution in [0.1, 0.15) is 27.0 Å². The van der Waals surface area contributed by atoms with E-state index < -0.39 is 5.91 Å². The Bertz CT molecular complexity index is 1100. The van der Waals surface area contributed by atoms with E-state index in [0.29, 0.717) is 22.9 Å². The number of amides is 1. The largest absolute Gasteiger partial charge is 0.487 e. The molecule has 0 aromatic heterocycles. The number of hydrogen-bond donors (Lipinski definition) is 1. The van der Waals surface area contributed by atoms with Crippen LogP contribution in [0.4, 0.5) is 0 Å². The van der Waals surface area contributed by atoms with Crippen molar-refractivity contribution < 1.29 is 9.53 Å². The molecular weight excluding hydrogens is 555 g/mol. The van der Waals surface area contributed by atoms with Crippen molar-refractivity contribution in [3.05, 3.63) is 95.8 Å². The van der Waals surface area contributed by atoms with Crippen molar-refractivity contribution >= 4 is 67.2 Å². The summed E-state index contributed by atoms with van der Waals surface area (Å²) in [6.45, 7) is 2.49. The second-order valence-corrected chi connectivity index (χ2v) is 8.97. The maximum absolute atomic E-state index is 12.2. The fourth-order valence-electron chi connectivity index (χ4n) is 2.65. The predicted molar refractivity (Wildman–Crippen MR) is 129 cm³/mol. The maximum atomic E-state index is 12.2. The molecule has 0 saturated heterocycles. The van der Waals surface area contributed by atoms with E-state index in [4.69, 9.17) is 27.9 Å². The van der Waals surface area contributed by atoms with E-state index in [9.17, 15) is 4.79 Å². The molecule has 0 radical (unpaired) electrons. The summed E-state index contributed by atoms with van der Waals surface area (Å²) >= 11 is 18.9. The van der Waals surface area contributed by atoms with Crippen LogP contribution in [0, 0.1) is 6.92 Å². The molecule has 154 valence electrons. The Morgan fingerprint density at radius 2 is 1.83 bits per heavy atom. The highest BCUT2D eigenvalue weighted by Gasteiger charge is 2.11. The fraction of sp³-hybridized carbons (Fsp3) is 0.0909. The molecule has 0 heterocycles. The first-order chi connectivity index (χ1) is 14.3. The van der Waals surface area contributed by atoms with Crippen molar-refractivity contribution in [2.75, 3.05) is 0 Å². The van der Waals surface area contributed by atoms with E-state index in [-0.39, 0.29) is 5.02 Å². The number of nitrogens with zero attached hydrogens (tertiary/aromatic N) is 1. The summed E-state index contributed by atoms with van der Waals surface area (Å²) in [4.78, 5) is 12.2. The van der Waals surface area contributed by atoms with E-state index in [1.165, 1.54) is 17.8 Å². The molecule has 0 bridgehead atoms. The lowest BCUT2D eigenvalue weighted by atomic mass is 10.1. The highest BCUT2D eigenvalue weighted by molar-refractivity contribution is 9.11. The number of hydrogen-bond acceptors (Lipinski definition) is 3. The van der Waals surface area contributed by atoms with E-state index in [2.05, 4.69) is 48.5 Å². The maximum Gasteiger partial charge on any atom is 0.272 e. The topological polar surface area (TPSA) is 50.7 Å². The standard InChI is InChI=1S/C22H16Br2Cl2N2O2/c1-13-3-2-4-14(7-13)12-30-21-18(23)8-15(9-19(21)24)11-27-28-22(29)17-6-5-16(25)10-20(17)26/h2-11H,12H2,1H3,(H,28,29)/b27-11-. The van der Waals surface area contributed by atoms with Crippen molar-refractivity contribution in [3.63, 3.8) is 0 Å². The van der Waals surface area contributed by atoms with E-state index in [1.54, 1.807) is 12.1 Å². The van der Waals surface area contributed by atoms with E-state index >= 15 is 0 Å². The first kappa shape index (κ1) is 22.8. The van der Waals surface area contributed by atoms with E-state index in [0.717, 1.165) is 20.1 Å². The van der Waals surface area contributed by atoms with Gasteiger partial charge < -0.3 is 4.74 Å². The molecule has 0 saturated carbocycles. The second-order valence-electron chi connectivity index (χ2n) is 6.41. The van der Waals surface area contributed by atoms with Crippen LogP contribution < -0.4 is 10.2 Å². The number of benzene rings is 3. The molecule has 0 atom stereocenters. The second kappa shape index (κ2) is 10.4. The molecule has 0 aliphatic rings. The summed E-state index contributed by atoms with van der Waals surface area (Å²) in [6, 6.07) is 16.5. The molecule has 4 nitrogen and oxygen atoms in total. The molecule has 30 heavy (non-hydrogen) atoms. The van der Waals surface area contributed by atoms with Crippen LogP contribution >= 0.6 is 55.1 Å². The number of halogens is 4. The highest BCUT2D eigenvalue weighted by atomic mass is 79.9. The van der Waals surface area contributed by atoms with Gasteiger partial charge in [0, 0.05) is 5.02 Å². The summed E-state index contributed by atoms with van der Waals surface area (Å²) in [5.41, 5.74) is 5.78. The molecular formula is C22H16Br2Cl2N2O2. The van der Waals surface area contributed by atoms with Gasteiger partial charge in [0.2, 0.25) is 0 Å². The van der Waals surface area contributed by atoms with Gasteiger partial charge in [0.1, 0.15) is 12.4 Å². The Hall–Kier alpha value is -1.86. The van der Waals surface area contributed by atoms with Crippen LogP contribution in [0.3, 0.4) is 0 Å². The molecule has 1 amide bonds. The monoisotopic (exact) mass is 568 g/mol. The van der Waals surface area contributed by atoms with Gasteiger partial charge in [-0.2, -0.15) is 5.10 Å². The number of rotatable bonds is 6. The van der Waals surface area contributed by atoms with Gasteiger partial charge in [-0.25, -0.2) is 5.43 Å². The van der Waals surface area contributed by atoms with Crippen molar-refractivity contribution in [2.24, 2.45) is 5.10 Å². The van der Waals surface area contributed by atoms with Crippen LogP contribution in [0.5, 0.6) is 5.75 Å². The smallest absolute Gasteiger partial charge is 0.272 e. The third-order valence-electron chi connectivity index (χ3n) is 4.04. The number of ether oxygens (including phenoxy) is 1. The van der Waals surface area contributed by atoms with Gasteiger partial charge in [-0.1, -0.05) is 53.0 Å². The predicted octanol–water partition coefficient (Wildman–Crippen LogP) is 7.17. The molecule has 0 fully saturated rings. The Labute approximate surface area is 201 Å². The SMILES string of the molecule is Cc1cccc(COc2c(Br)cc(/C=N\NC(=O)c3ccc(Cl)cc3Cl)cc2Br)c1. The third-order valence-corrected chi connectivity index (χ3v) is 5.77. The van der Waals surface area contributed by atoms with Crippen molar-refractivity contribution in [3.8, 4) is 5.75 Å². The minimum Gasteiger partial charge on any atom is -0.487 e. The average molecular weight is 571 g/mol. The minimum absolute atomic E-state index is 0.260. The Balaban J connectivity index is 1.66. The first-order valence-electron chi connectivity index (χ1n) is 8.79. The Kier molecular flexibility index (Phi) is 7.94. The molecule has 3 aromatic rings. The van der Waals surface area contributed by atoms with Gasteiger partial charge in [-0.3, -0.25) is 4.79 Å². The van der Waals surface area contributed by atoms with Crippen LogP contribution in [0.25, 0.3) is 0 Å². The Morgan fingerprint density at radius 1 is 1.10 bits per heavy atom. The Morgan fingerprint density at radius 3 is 2.50 bits per heavy atom. The number of carbonyl (C=O) groups is 1. The summed E-state index contributed by atoms with van der Waals surface area (Å²) in [5.74, 6) is 0.259. The summed E-state index contributed by atoms with van der Waals surface area (Å²) in [7, 11) is 0. The molecule has 0 spiro atoms. The highest BCUT2D eigenvalue weighted by Crippen LogP contribution is 2.35. The van der Waals surface area contributed by atoms with E-state index in [1.807, 2.05) is 37.3 Å². The van der Waals surface area contributed by atoms with Gasteiger partial charge in [-0.15, -0.1) is 0 Å².